The van der Waals surface area contributed by atoms with Gasteiger partial charge in [0.1, 0.15) is 11.6 Å². The Morgan fingerprint density at radius 2 is 1.24 bits per heavy atom. The van der Waals surface area contributed by atoms with Gasteiger partial charge in [-0.25, -0.2) is 8.78 Å². The predicted octanol–water partition coefficient (Wildman–Crippen LogP) is 5.59. The summed E-state index contributed by atoms with van der Waals surface area (Å²) in [6.07, 6.45) is 0. The summed E-state index contributed by atoms with van der Waals surface area (Å²) >= 11 is 4.21. The van der Waals surface area contributed by atoms with E-state index in [1.807, 2.05) is 24.3 Å². The van der Waals surface area contributed by atoms with Crippen LogP contribution in [0.5, 0.6) is 0 Å². The summed E-state index contributed by atoms with van der Waals surface area (Å²) in [5.41, 5.74) is 2.18. The van der Waals surface area contributed by atoms with Crippen LogP contribution in [-0.4, -0.2) is 0 Å². The third-order valence-electron chi connectivity index (χ3n) is 3.33. The second kappa shape index (κ2) is 5.70. The van der Waals surface area contributed by atoms with Crippen LogP contribution in [0.25, 0.3) is 22.3 Å². The fourth-order valence-electron chi connectivity index (χ4n) is 2.25. The Hall–Kier alpha value is -2.13. The maximum atomic E-state index is 14.3. The van der Waals surface area contributed by atoms with Crippen molar-refractivity contribution in [1.82, 2.24) is 0 Å². The first-order valence-electron chi connectivity index (χ1n) is 6.49. The Kier molecular flexibility index (Phi) is 3.76. The van der Waals surface area contributed by atoms with E-state index in [0.717, 1.165) is 10.5 Å². The first kappa shape index (κ1) is 13.8. The molecule has 0 saturated carbocycles. The van der Waals surface area contributed by atoms with Crippen LogP contribution in [0.15, 0.2) is 71.6 Å². The van der Waals surface area contributed by atoms with Gasteiger partial charge < -0.3 is 0 Å². The second-order valence-electron chi connectivity index (χ2n) is 4.72. The fourth-order valence-corrected chi connectivity index (χ4v) is 2.40. The minimum absolute atomic E-state index is 0.357. The van der Waals surface area contributed by atoms with Gasteiger partial charge in [0.05, 0.1) is 0 Å². The lowest BCUT2D eigenvalue weighted by atomic mass is 9.99. The maximum Gasteiger partial charge on any atom is 0.131 e. The summed E-state index contributed by atoms with van der Waals surface area (Å²) < 4.78 is 28.1. The van der Waals surface area contributed by atoms with Crippen LogP contribution in [0.3, 0.4) is 0 Å². The molecule has 104 valence electrons. The molecule has 0 nitrogen and oxygen atoms in total. The van der Waals surface area contributed by atoms with Gasteiger partial charge in [-0.3, -0.25) is 0 Å². The number of hydrogen-bond donors (Lipinski definition) is 1. The molecule has 0 spiro atoms. The Morgan fingerprint density at radius 1 is 0.619 bits per heavy atom. The van der Waals surface area contributed by atoms with E-state index < -0.39 is 0 Å². The molecule has 21 heavy (non-hydrogen) atoms. The van der Waals surface area contributed by atoms with Crippen molar-refractivity contribution in [2.75, 3.05) is 0 Å². The van der Waals surface area contributed by atoms with Crippen LogP contribution >= 0.6 is 12.6 Å². The van der Waals surface area contributed by atoms with Crippen LogP contribution in [0.4, 0.5) is 8.78 Å². The van der Waals surface area contributed by atoms with Crippen molar-refractivity contribution >= 4 is 12.6 Å². The van der Waals surface area contributed by atoms with Gasteiger partial charge in [0.25, 0.3) is 0 Å². The summed E-state index contributed by atoms with van der Waals surface area (Å²) in [6.45, 7) is 0. The molecule has 0 radical (unpaired) electrons. The monoisotopic (exact) mass is 298 g/mol. The highest BCUT2D eigenvalue weighted by atomic mass is 32.1. The summed E-state index contributed by atoms with van der Waals surface area (Å²) in [5, 5.41) is 0. The standard InChI is InChI=1S/C18H12F2S/c19-17-4-2-1-3-15(17)13-7-10-16(18(20)11-13)12-5-8-14(21)9-6-12/h1-11,21H. The lowest BCUT2D eigenvalue weighted by Gasteiger charge is -2.08. The molecule has 0 aliphatic heterocycles. The van der Waals surface area contributed by atoms with Crippen molar-refractivity contribution in [1.29, 1.82) is 0 Å². The Balaban J connectivity index is 2.04. The summed E-state index contributed by atoms with van der Waals surface area (Å²) in [4.78, 5) is 0.821. The van der Waals surface area contributed by atoms with E-state index in [4.69, 9.17) is 0 Å². The molecule has 0 aliphatic rings. The zero-order chi connectivity index (χ0) is 14.8. The van der Waals surface area contributed by atoms with Gasteiger partial charge in [-0.05, 0) is 35.4 Å². The molecular formula is C18H12F2S. The Morgan fingerprint density at radius 3 is 1.90 bits per heavy atom. The van der Waals surface area contributed by atoms with Crippen molar-refractivity contribution < 1.29 is 8.78 Å². The molecule has 0 bridgehead atoms. The Labute approximate surface area is 127 Å². The van der Waals surface area contributed by atoms with Crippen molar-refractivity contribution in [2.45, 2.75) is 4.90 Å². The normalized spacial score (nSPS) is 10.6. The Bertz CT molecular complexity index is 779. The van der Waals surface area contributed by atoms with Crippen LogP contribution in [0.1, 0.15) is 0 Å². The van der Waals surface area contributed by atoms with E-state index in [0.29, 0.717) is 16.7 Å². The maximum absolute atomic E-state index is 14.3. The van der Waals surface area contributed by atoms with Crippen molar-refractivity contribution in [3.8, 4) is 22.3 Å². The van der Waals surface area contributed by atoms with Crippen LogP contribution in [-0.2, 0) is 0 Å². The number of benzene rings is 3. The first-order chi connectivity index (χ1) is 10.1. The lowest BCUT2D eigenvalue weighted by Crippen LogP contribution is -1.88. The van der Waals surface area contributed by atoms with Gasteiger partial charge in [-0.15, -0.1) is 12.6 Å². The van der Waals surface area contributed by atoms with Gasteiger partial charge in [-0.2, -0.15) is 0 Å². The average Bonchev–Trinajstić information content (AvgIpc) is 2.49. The van der Waals surface area contributed by atoms with Crippen LogP contribution < -0.4 is 0 Å². The van der Waals surface area contributed by atoms with E-state index in [1.165, 1.54) is 12.1 Å². The second-order valence-corrected chi connectivity index (χ2v) is 5.24. The van der Waals surface area contributed by atoms with E-state index in [1.54, 1.807) is 30.3 Å². The molecule has 0 unspecified atom stereocenters. The molecule has 3 rings (SSSR count). The molecule has 0 amide bonds. The van der Waals surface area contributed by atoms with Gasteiger partial charge in [0.15, 0.2) is 0 Å². The average molecular weight is 298 g/mol. The van der Waals surface area contributed by atoms with Gasteiger partial charge in [0.2, 0.25) is 0 Å². The topological polar surface area (TPSA) is 0 Å². The summed E-state index contributed by atoms with van der Waals surface area (Å²) in [6, 6.07) is 18.3. The highest BCUT2D eigenvalue weighted by molar-refractivity contribution is 7.80. The number of hydrogen-bond acceptors (Lipinski definition) is 1. The third-order valence-corrected chi connectivity index (χ3v) is 3.63. The SMILES string of the molecule is Fc1ccccc1-c1ccc(-c2ccc(S)cc2)c(F)c1. The zero-order valence-corrected chi connectivity index (χ0v) is 11.9. The molecular weight excluding hydrogens is 286 g/mol. The van der Waals surface area contributed by atoms with E-state index in [2.05, 4.69) is 12.6 Å². The van der Waals surface area contributed by atoms with Gasteiger partial charge in [-0.1, -0.05) is 42.5 Å². The predicted molar refractivity (Wildman–Crippen MR) is 84.5 cm³/mol. The highest BCUT2D eigenvalue weighted by Crippen LogP contribution is 2.29. The highest BCUT2D eigenvalue weighted by Gasteiger charge is 2.09. The molecule has 3 heteroatoms. The minimum Gasteiger partial charge on any atom is -0.206 e. The summed E-state index contributed by atoms with van der Waals surface area (Å²) in [7, 11) is 0. The largest absolute Gasteiger partial charge is 0.206 e. The third kappa shape index (κ3) is 2.83. The van der Waals surface area contributed by atoms with E-state index >= 15 is 0 Å². The molecule has 0 N–H and O–H groups in total. The van der Waals surface area contributed by atoms with E-state index in [9.17, 15) is 8.78 Å². The van der Waals surface area contributed by atoms with Crippen LogP contribution in [0.2, 0.25) is 0 Å². The quantitative estimate of drug-likeness (QED) is 0.586. The van der Waals surface area contributed by atoms with Crippen molar-refractivity contribution in [2.24, 2.45) is 0 Å². The number of halogens is 2. The number of rotatable bonds is 2. The van der Waals surface area contributed by atoms with E-state index in [-0.39, 0.29) is 11.6 Å². The molecule has 0 atom stereocenters. The lowest BCUT2D eigenvalue weighted by molar-refractivity contribution is 0.626. The fraction of sp³-hybridized carbons (Fsp3) is 0. The van der Waals surface area contributed by atoms with Crippen molar-refractivity contribution in [3.63, 3.8) is 0 Å². The minimum atomic E-state index is -0.373. The van der Waals surface area contributed by atoms with Gasteiger partial charge in [0, 0.05) is 16.0 Å². The molecule has 0 aliphatic carbocycles. The molecule has 0 aromatic heterocycles. The number of thiol groups is 1. The van der Waals surface area contributed by atoms with Gasteiger partial charge >= 0.3 is 0 Å². The molecule has 0 heterocycles. The first-order valence-corrected chi connectivity index (χ1v) is 6.94. The zero-order valence-electron chi connectivity index (χ0n) is 11.1. The van der Waals surface area contributed by atoms with Crippen LogP contribution in [0, 0.1) is 11.6 Å². The molecule has 0 fully saturated rings. The molecule has 0 saturated heterocycles. The summed E-state index contributed by atoms with van der Waals surface area (Å²) in [5.74, 6) is -0.730. The smallest absolute Gasteiger partial charge is 0.131 e. The molecule has 3 aromatic carbocycles. The van der Waals surface area contributed by atoms with Crippen molar-refractivity contribution in [3.05, 3.63) is 78.4 Å². The molecule has 3 aromatic rings.